The first-order chi connectivity index (χ1) is 7.89. The second-order valence-electron chi connectivity index (χ2n) is 6.12. The van der Waals surface area contributed by atoms with Gasteiger partial charge in [0.05, 0.1) is 12.7 Å². The van der Waals surface area contributed by atoms with Crippen LogP contribution in [0.4, 0.5) is 4.79 Å². The average Bonchev–Trinajstić information content (AvgIpc) is 2.50. The molecule has 0 saturated carbocycles. The van der Waals surface area contributed by atoms with E-state index in [0.29, 0.717) is 12.6 Å². The zero-order chi connectivity index (χ0) is 12.5. The maximum atomic E-state index is 11.6. The van der Waals surface area contributed by atoms with E-state index in [1.165, 1.54) is 0 Å². The van der Waals surface area contributed by atoms with E-state index in [2.05, 4.69) is 10.6 Å². The molecule has 2 rings (SSSR count). The van der Waals surface area contributed by atoms with Gasteiger partial charge in [-0.2, -0.15) is 0 Å². The molecule has 2 bridgehead atoms. The third-order valence-electron chi connectivity index (χ3n) is 3.16. The van der Waals surface area contributed by atoms with E-state index in [0.717, 1.165) is 26.1 Å². The summed E-state index contributed by atoms with van der Waals surface area (Å²) in [7, 11) is 0. The molecule has 2 N–H and O–H groups in total. The van der Waals surface area contributed by atoms with Crippen LogP contribution in [-0.4, -0.2) is 44.0 Å². The van der Waals surface area contributed by atoms with E-state index in [9.17, 15) is 4.79 Å². The van der Waals surface area contributed by atoms with Gasteiger partial charge < -0.3 is 20.1 Å². The minimum Gasteiger partial charge on any atom is -0.444 e. The molecule has 98 valence electrons. The maximum absolute atomic E-state index is 11.6. The van der Waals surface area contributed by atoms with Gasteiger partial charge in [-0.05, 0) is 27.2 Å². The fraction of sp³-hybridized carbons (Fsp3) is 0.917. The summed E-state index contributed by atoms with van der Waals surface area (Å²) in [6.07, 6.45) is 0.987. The predicted molar refractivity (Wildman–Crippen MR) is 63.9 cm³/mol. The van der Waals surface area contributed by atoms with Crippen molar-refractivity contribution in [3.8, 4) is 0 Å². The van der Waals surface area contributed by atoms with Gasteiger partial charge >= 0.3 is 6.09 Å². The van der Waals surface area contributed by atoms with E-state index >= 15 is 0 Å². The topological polar surface area (TPSA) is 59.6 Å². The second kappa shape index (κ2) is 4.46. The maximum Gasteiger partial charge on any atom is 0.407 e. The number of ether oxygens (including phenoxy) is 2. The van der Waals surface area contributed by atoms with Gasteiger partial charge in [0.2, 0.25) is 0 Å². The van der Waals surface area contributed by atoms with Gasteiger partial charge in [0.25, 0.3) is 0 Å². The Kier molecular flexibility index (Phi) is 3.32. The highest BCUT2D eigenvalue weighted by atomic mass is 16.6. The summed E-state index contributed by atoms with van der Waals surface area (Å²) in [5.41, 5.74) is -0.388. The Bertz CT molecular complexity index is 297. The van der Waals surface area contributed by atoms with Crippen LogP contribution in [0.15, 0.2) is 0 Å². The second-order valence-corrected chi connectivity index (χ2v) is 6.12. The van der Waals surface area contributed by atoms with E-state index in [4.69, 9.17) is 9.47 Å². The van der Waals surface area contributed by atoms with E-state index in [1.54, 1.807) is 0 Å². The lowest BCUT2D eigenvalue weighted by molar-refractivity contribution is 0.0495. The molecule has 2 atom stereocenters. The highest BCUT2D eigenvalue weighted by Gasteiger charge is 2.43. The minimum absolute atomic E-state index is 0.0554. The highest BCUT2D eigenvalue weighted by molar-refractivity contribution is 5.67. The van der Waals surface area contributed by atoms with Crippen molar-refractivity contribution in [2.45, 2.75) is 38.9 Å². The van der Waals surface area contributed by atoms with Gasteiger partial charge in [0, 0.05) is 25.0 Å². The minimum atomic E-state index is -0.443. The average molecular weight is 242 g/mol. The van der Waals surface area contributed by atoms with Crippen LogP contribution in [0, 0.1) is 5.41 Å². The van der Waals surface area contributed by atoms with Crippen molar-refractivity contribution in [3.63, 3.8) is 0 Å². The summed E-state index contributed by atoms with van der Waals surface area (Å²) in [6, 6.07) is 0. The van der Waals surface area contributed by atoms with Gasteiger partial charge in [0.15, 0.2) is 0 Å². The molecule has 2 aliphatic heterocycles. The Morgan fingerprint density at radius 3 is 3.06 bits per heavy atom. The Morgan fingerprint density at radius 1 is 1.59 bits per heavy atom. The molecule has 2 fully saturated rings. The van der Waals surface area contributed by atoms with Crippen molar-refractivity contribution in [2.24, 2.45) is 5.41 Å². The molecule has 0 aliphatic carbocycles. The van der Waals surface area contributed by atoms with Crippen LogP contribution >= 0.6 is 0 Å². The van der Waals surface area contributed by atoms with Gasteiger partial charge in [-0.25, -0.2) is 4.79 Å². The molecule has 2 aliphatic rings. The molecular weight excluding hydrogens is 220 g/mol. The van der Waals surface area contributed by atoms with E-state index < -0.39 is 5.60 Å². The Morgan fingerprint density at radius 2 is 2.35 bits per heavy atom. The molecule has 0 spiro atoms. The van der Waals surface area contributed by atoms with Crippen molar-refractivity contribution >= 4 is 6.09 Å². The summed E-state index contributed by atoms with van der Waals surface area (Å²) in [4.78, 5) is 11.6. The number of hydrogen-bond donors (Lipinski definition) is 2. The van der Waals surface area contributed by atoms with Crippen molar-refractivity contribution in [1.29, 1.82) is 0 Å². The molecule has 17 heavy (non-hydrogen) atoms. The SMILES string of the molecule is CC(C)(C)OC(=O)NCC12CNCC(C1)OC2. The summed E-state index contributed by atoms with van der Waals surface area (Å²) in [6.45, 7) is 8.75. The van der Waals surface area contributed by atoms with E-state index in [-0.39, 0.29) is 11.5 Å². The third-order valence-corrected chi connectivity index (χ3v) is 3.16. The number of hydrogen-bond acceptors (Lipinski definition) is 4. The number of piperidine rings is 1. The Balaban J connectivity index is 1.80. The molecule has 2 unspecified atom stereocenters. The number of carbonyl (C=O) groups is 1. The molecule has 1 amide bonds. The van der Waals surface area contributed by atoms with Gasteiger partial charge in [-0.3, -0.25) is 0 Å². The van der Waals surface area contributed by atoms with Crippen molar-refractivity contribution in [1.82, 2.24) is 10.6 Å². The Hall–Kier alpha value is -0.810. The lowest BCUT2D eigenvalue weighted by Crippen LogP contribution is -2.49. The number of amides is 1. The van der Waals surface area contributed by atoms with Gasteiger partial charge in [-0.15, -0.1) is 0 Å². The summed E-state index contributed by atoms with van der Waals surface area (Å²) in [5, 5.41) is 6.19. The van der Waals surface area contributed by atoms with Crippen molar-refractivity contribution in [3.05, 3.63) is 0 Å². The lowest BCUT2D eigenvalue weighted by Gasteiger charge is -2.31. The molecule has 5 nitrogen and oxygen atoms in total. The van der Waals surface area contributed by atoms with Crippen LogP contribution in [0.2, 0.25) is 0 Å². The van der Waals surface area contributed by atoms with Crippen LogP contribution in [0.1, 0.15) is 27.2 Å². The number of fused-ring (bicyclic) bond motifs is 2. The molecule has 2 heterocycles. The zero-order valence-corrected chi connectivity index (χ0v) is 10.8. The van der Waals surface area contributed by atoms with E-state index in [1.807, 2.05) is 20.8 Å². The molecular formula is C12H22N2O3. The Labute approximate surface area is 102 Å². The van der Waals surface area contributed by atoms with Crippen LogP contribution in [-0.2, 0) is 9.47 Å². The van der Waals surface area contributed by atoms with Crippen molar-refractivity contribution in [2.75, 3.05) is 26.2 Å². The first-order valence-electron chi connectivity index (χ1n) is 6.18. The largest absolute Gasteiger partial charge is 0.444 e. The predicted octanol–water partition coefficient (Wildman–Crippen LogP) is 0.890. The first-order valence-corrected chi connectivity index (χ1v) is 6.18. The normalized spacial score (nSPS) is 32.3. The summed E-state index contributed by atoms with van der Waals surface area (Å²) < 4.78 is 10.9. The molecule has 0 aromatic carbocycles. The number of nitrogens with one attached hydrogen (secondary N) is 2. The number of carbonyl (C=O) groups excluding carboxylic acids is 1. The van der Waals surface area contributed by atoms with Gasteiger partial charge in [0.1, 0.15) is 5.60 Å². The summed E-state index contributed by atoms with van der Waals surface area (Å²) >= 11 is 0. The molecule has 2 saturated heterocycles. The van der Waals surface area contributed by atoms with Crippen LogP contribution in [0.3, 0.4) is 0 Å². The number of alkyl carbamates (subject to hydrolysis) is 1. The molecule has 0 aromatic heterocycles. The monoisotopic (exact) mass is 242 g/mol. The fourth-order valence-electron chi connectivity index (χ4n) is 2.41. The van der Waals surface area contributed by atoms with Crippen molar-refractivity contribution < 1.29 is 14.3 Å². The standard InChI is InChI=1S/C12H22N2O3/c1-11(2,3)17-10(15)14-7-12-4-9(16-8-12)5-13-6-12/h9,13H,4-8H2,1-3H3,(H,14,15). The number of rotatable bonds is 2. The third kappa shape index (κ3) is 3.33. The lowest BCUT2D eigenvalue weighted by atomic mass is 9.83. The zero-order valence-electron chi connectivity index (χ0n) is 10.8. The molecule has 5 heteroatoms. The van der Waals surface area contributed by atoms with Crippen LogP contribution in [0.5, 0.6) is 0 Å². The molecule has 0 radical (unpaired) electrons. The van der Waals surface area contributed by atoms with Crippen LogP contribution in [0.25, 0.3) is 0 Å². The van der Waals surface area contributed by atoms with Gasteiger partial charge in [-0.1, -0.05) is 0 Å². The quantitative estimate of drug-likeness (QED) is 0.755. The van der Waals surface area contributed by atoms with Crippen LogP contribution < -0.4 is 10.6 Å². The smallest absolute Gasteiger partial charge is 0.407 e. The highest BCUT2D eigenvalue weighted by Crippen LogP contribution is 2.34. The first kappa shape index (κ1) is 12.6. The molecule has 0 aromatic rings. The fourth-order valence-corrected chi connectivity index (χ4v) is 2.41. The summed E-state index contributed by atoms with van der Waals surface area (Å²) in [5.74, 6) is 0.